The van der Waals surface area contributed by atoms with Crippen molar-refractivity contribution in [2.24, 2.45) is 0 Å². The summed E-state index contributed by atoms with van der Waals surface area (Å²) in [5, 5.41) is 11.7. The van der Waals surface area contributed by atoms with E-state index in [9.17, 15) is 5.11 Å². The first-order chi connectivity index (χ1) is 8.76. The molecule has 0 spiro atoms. The summed E-state index contributed by atoms with van der Waals surface area (Å²) < 4.78 is 10.3. The van der Waals surface area contributed by atoms with E-state index in [0.717, 1.165) is 15.7 Å². The van der Waals surface area contributed by atoms with Gasteiger partial charge in [0.05, 0.1) is 0 Å². The number of hydrogen-bond acceptors (Lipinski definition) is 4. The zero-order valence-corrected chi connectivity index (χ0v) is 11.2. The fraction of sp³-hybridized carbons (Fsp3) is 0.286. The summed E-state index contributed by atoms with van der Waals surface area (Å²) in [4.78, 5) is 1.11. The van der Waals surface area contributed by atoms with Crippen LogP contribution in [0, 0.1) is 0 Å². The smallest absolute Gasteiger partial charge is 0.166 e. The summed E-state index contributed by atoms with van der Waals surface area (Å²) in [6, 6.07) is 11.5. The molecule has 0 unspecified atom stereocenters. The third-order valence-electron chi connectivity index (χ3n) is 2.76. The molecule has 0 amide bonds. The molecule has 0 radical (unpaired) electrons. The van der Waals surface area contributed by atoms with E-state index in [1.165, 1.54) is 0 Å². The molecule has 18 heavy (non-hydrogen) atoms. The molecular formula is C14H16O3S. The molecule has 2 rings (SSSR count). The van der Waals surface area contributed by atoms with Gasteiger partial charge in [0.15, 0.2) is 6.29 Å². The second-order valence-corrected chi connectivity index (χ2v) is 4.90. The first kappa shape index (κ1) is 13.2. The minimum Gasteiger partial charge on any atom is -0.507 e. The molecule has 4 heteroatoms. The molecule has 0 aliphatic carbocycles. The van der Waals surface area contributed by atoms with Crippen molar-refractivity contribution in [1.82, 2.24) is 0 Å². The van der Waals surface area contributed by atoms with Crippen LogP contribution in [0.1, 0.15) is 0 Å². The third kappa shape index (κ3) is 2.77. The molecule has 0 bridgehead atoms. The molecule has 0 saturated carbocycles. The van der Waals surface area contributed by atoms with Gasteiger partial charge in [-0.25, -0.2) is 0 Å². The number of hydrogen-bond donors (Lipinski definition) is 1. The van der Waals surface area contributed by atoms with Crippen LogP contribution in [-0.4, -0.2) is 31.4 Å². The van der Waals surface area contributed by atoms with E-state index in [0.29, 0.717) is 11.5 Å². The Morgan fingerprint density at radius 3 is 2.39 bits per heavy atom. The summed E-state index contributed by atoms with van der Waals surface area (Å²) in [6.07, 6.45) is -0.220. The molecule has 0 saturated heterocycles. The Hall–Kier alpha value is -1.23. The van der Waals surface area contributed by atoms with Crippen molar-refractivity contribution in [3.63, 3.8) is 0 Å². The second-order valence-electron chi connectivity index (χ2n) is 3.84. The molecule has 0 heterocycles. The molecule has 0 atom stereocenters. The number of phenolic OH excluding ortho intramolecular Hbond substituents is 1. The zero-order valence-electron chi connectivity index (χ0n) is 10.4. The average Bonchev–Trinajstić information content (AvgIpc) is 2.42. The van der Waals surface area contributed by atoms with Crippen molar-refractivity contribution in [2.75, 3.05) is 20.0 Å². The summed E-state index contributed by atoms with van der Waals surface area (Å²) >= 11 is 1.65. The third-order valence-corrected chi connectivity index (χ3v) is 3.87. The Balaban J connectivity index is 2.26. The molecule has 0 aliphatic rings. The lowest BCUT2D eigenvalue weighted by Crippen LogP contribution is -2.15. The minimum absolute atomic E-state index is 0.220. The summed E-state index contributed by atoms with van der Waals surface area (Å²) in [5.74, 6) is 1.02. The van der Waals surface area contributed by atoms with E-state index in [1.54, 1.807) is 32.0 Å². The lowest BCUT2D eigenvalue weighted by atomic mass is 10.1. The van der Waals surface area contributed by atoms with Crippen molar-refractivity contribution >= 4 is 22.5 Å². The second kappa shape index (κ2) is 6.09. The van der Waals surface area contributed by atoms with Crippen LogP contribution in [0.4, 0.5) is 0 Å². The number of benzene rings is 2. The highest BCUT2D eigenvalue weighted by Crippen LogP contribution is 2.33. The van der Waals surface area contributed by atoms with Crippen LogP contribution in [0.15, 0.2) is 41.3 Å². The highest BCUT2D eigenvalue weighted by molar-refractivity contribution is 7.99. The summed E-state index contributed by atoms with van der Waals surface area (Å²) in [5.41, 5.74) is 0. The van der Waals surface area contributed by atoms with Gasteiger partial charge in [-0.1, -0.05) is 24.3 Å². The van der Waals surface area contributed by atoms with Crippen molar-refractivity contribution in [2.45, 2.75) is 11.2 Å². The van der Waals surface area contributed by atoms with Crippen LogP contribution in [0.3, 0.4) is 0 Å². The normalized spacial score (nSPS) is 11.3. The molecule has 1 N–H and O–H groups in total. The van der Waals surface area contributed by atoms with E-state index >= 15 is 0 Å². The molecular weight excluding hydrogens is 248 g/mol. The number of rotatable bonds is 5. The van der Waals surface area contributed by atoms with E-state index in [4.69, 9.17) is 9.47 Å². The number of phenols is 1. The van der Waals surface area contributed by atoms with Gasteiger partial charge in [-0.15, -0.1) is 11.8 Å². The van der Waals surface area contributed by atoms with Gasteiger partial charge in [0, 0.05) is 30.3 Å². The maximum Gasteiger partial charge on any atom is 0.166 e. The Morgan fingerprint density at radius 2 is 1.72 bits per heavy atom. The van der Waals surface area contributed by atoms with Crippen molar-refractivity contribution < 1.29 is 14.6 Å². The lowest BCUT2D eigenvalue weighted by Gasteiger charge is -2.13. The van der Waals surface area contributed by atoms with E-state index in [2.05, 4.69) is 0 Å². The summed E-state index contributed by atoms with van der Waals surface area (Å²) in [6.45, 7) is 0. The highest BCUT2D eigenvalue weighted by Gasteiger charge is 2.09. The van der Waals surface area contributed by atoms with E-state index < -0.39 is 0 Å². The maximum absolute atomic E-state index is 9.81. The fourth-order valence-electron chi connectivity index (χ4n) is 1.77. The first-order valence-electron chi connectivity index (χ1n) is 5.65. The van der Waals surface area contributed by atoms with Gasteiger partial charge in [-0.2, -0.15) is 0 Å². The van der Waals surface area contributed by atoms with Gasteiger partial charge in [0.1, 0.15) is 5.75 Å². The Morgan fingerprint density at radius 1 is 1.06 bits per heavy atom. The monoisotopic (exact) mass is 264 g/mol. The van der Waals surface area contributed by atoms with Crippen molar-refractivity contribution in [3.05, 3.63) is 36.4 Å². The molecule has 0 aliphatic heterocycles. The van der Waals surface area contributed by atoms with Crippen LogP contribution in [0.2, 0.25) is 0 Å². The number of ether oxygens (including phenoxy) is 2. The van der Waals surface area contributed by atoms with E-state index in [-0.39, 0.29) is 6.29 Å². The molecule has 2 aromatic rings. The number of aromatic hydroxyl groups is 1. The quantitative estimate of drug-likeness (QED) is 0.664. The van der Waals surface area contributed by atoms with E-state index in [1.807, 2.05) is 30.3 Å². The molecule has 96 valence electrons. The molecule has 0 fully saturated rings. The molecule has 3 nitrogen and oxygen atoms in total. The first-order valence-corrected chi connectivity index (χ1v) is 6.64. The van der Waals surface area contributed by atoms with Crippen molar-refractivity contribution in [3.8, 4) is 5.75 Å². The van der Waals surface area contributed by atoms with Gasteiger partial charge < -0.3 is 14.6 Å². The van der Waals surface area contributed by atoms with Crippen LogP contribution in [0.25, 0.3) is 10.8 Å². The molecule has 2 aromatic carbocycles. The predicted molar refractivity (Wildman–Crippen MR) is 74.1 cm³/mol. The maximum atomic E-state index is 9.81. The van der Waals surface area contributed by atoms with Crippen LogP contribution >= 0.6 is 11.8 Å². The Labute approximate surface area is 111 Å². The summed E-state index contributed by atoms with van der Waals surface area (Å²) in [7, 11) is 3.26. The van der Waals surface area contributed by atoms with Crippen LogP contribution in [0.5, 0.6) is 5.75 Å². The zero-order chi connectivity index (χ0) is 13.0. The number of fused-ring (bicyclic) bond motifs is 1. The topological polar surface area (TPSA) is 38.7 Å². The lowest BCUT2D eigenvalue weighted by molar-refractivity contribution is -0.0842. The van der Waals surface area contributed by atoms with Gasteiger partial charge in [0.25, 0.3) is 0 Å². The SMILES string of the molecule is COC(CSc1ccc(O)c2ccccc12)OC. The Kier molecular flexibility index (Phi) is 4.47. The van der Waals surface area contributed by atoms with Gasteiger partial charge in [0.2, 0.25) is 0 Å². The van der Waals surface area contributed by atoms with Gasteiger partial charge in [-0.3, -0.25) is 0 Å². The Bertz CT molecular complexity index is 523. The number of methoxy groups -OCH3 is 2. The fourth-order valence-corrected chi connectivity index (χ4v) is 2.86. The van der Waals surface area contributed by atoms with Crippen LogP contribution in [-0.2, 0) is 9.47 Å². The minimum atomic E-state index is -0.220. The van der Waals surface area contributed by atoms with Crippen LogP contribution < -0.4 is 0 Å². The highest BCUT2D eigenvalue weighted by atomic mass is 32.2. The van der Waals surface area contributed by atoms with Crippen molar-refractivity contribution in [1.29, 1.82) is 0 Å². The standard InChI is InChI=1S/C14H16O3S/c1-16-14(17-2)9-18-13-8-7-12(15)10-5-3-4-6-11(10)13/h3-8,14-15H,9H2,1-2H3. The van der Waals surface area contributed by atoms with Gasteiger partial charge >= 0.3 is 0 Å². The predicted octanol–water partition coefficient (Wildman–Crippen LogP) is 3.26. The van der Waals surface area contributed by atoms with Gasteiger partial charge in [-0.05, 0) is 17.5 Å². The average molecular weight is 264 g/mol. The largest absolute Gasteiger partial charge is 0.507 e. The number of thioether (sulfide) groups is 1. The molecule has 0 aromatic heterocycles.